The van der Waals surface area contributed by atoms with E-state index in [-0.39, 0.29) is 52.8 Å². The van der Waals surface area contributed by atoms with Gasteiger partial charge >= 0.3 is 59.2 Å². The van der Waals surface area contributed by atoms with Crippen molar-refractivity contribution in [2.75, 3.05) is 0 Å². The quantitative estimate of drug-likeness (QED) is 0.234. The largest absolute Gasteiger partial charge is 1.00 e. The molecule has 0 fully saturated rings. The maximum Gasteiger partial charge on any atom is 1.00 e. The molecule has 9 heavy (non-hydrogen) atoms. The summed E-state index contributed by atoms with van der Waals surface area (Å²) in [6.07, 6.45) is -0.921. The van der Waals surface area contributed by atoms with Crippen LogP contribution in [0.2, 0.25) is 0 Å². The Balaban J connectivity index is -0.000000245. The van der Waals surface area contributed by atoms with Gasteiger partial charge in [0.1, 0.15) is 6.23 Å². The van der Waals surface area contributed by atoms with Gasteiger partial charge in [0.2, 0.25) is 0 Å². The minimum absolute atomic E-state index is 0. The van der Waals surface area contributed by atoms with Gasteiger partial charge in [0.05, 0.1) is 0 Å². The smallest absolute Gasteiger partial charge is 1.00 e. The number of hydrogen-bond donors (Lipinski definition) is 3. The number of nitrogens with two attached hydrogens (primary N) is 1. The zero-order valence-corrected chi connectivity index (χ0v) is 9.33. The molecule has 0 aromatic heterocycles. The molecule has 0 bridgehead atoms. The molecule has 0 rings (SSSR count). The van der Waals surface area contributed by atoms with E-state index in [1.165, 1.54) is 6.92 Å². The Morgan fingerprint density at radius 2 is 2.11 bits per heavy atom. The molecule has 0 aromatic carbocycles. The molecule has 0 aliphatic rings. The van der Waals surface area contributed by atoms with E-state index in [1.54, 1.807) is 0 Å². The molecular formula is C2H9KNO4P. The summed E-state index contributed by atoms with van der Waals surface area (Å²) >= 11 is 0. The third-order valence-corrected chi connectivity index (χ3v) is 0.911. The zero-order chi connectivity index (χ0) is 6.78. The number of phosphoric ester groups is 1. The number of rotatable bonds is 2. The van der Waals surface area contributed by atoms with Crippen LogP contribution in [0.1, 0.15) is 8.35 Å². The van der Waals surface area contributed by atoms with Gasteiger partial charge in [0.15, 0.2) is 0 Å². The van der Waals surface area contributed by atoms with Crippen LogP contribution in [0.15, 0.2) is 0 Å². The van der Waals surface area contributed by atoms with Crippen molar-refractivity contribution in [3.05, 3.63) is 0 Å². The van der Waals surface area contributed by atoms with Gasteiger partial charge in [0, 0.05) is 0 Å². The predicted molar refractivity (Wildman–Crippen MR) is 27.9 cm³/mol. The van der Waals surface area contributed by atoms with Crippen LogP contribution < -0.4 is 57.1 Å². The minimum atomic E-state index is -4.35. The van der Waals surface area contributed by atoms with Crippen LogP contribution in [-0.2, 0) is 9.09 Å². The molecule has 0 heterocycles. The van der Waals surface area contributed by atoms with Crippen LogP contribution >= 0.6 is 7.82 Å². The predicted octanol–water partition coefficient (Wildman–Crippen LogP) is -3.48. The molecule has 7 heteroatoms. The maximum absolute atomic E-state index is 9.83. The average molecular weight is 181 g/mol. The van der Waals surface area contributed by atoms with E-state index in [0.717, 1.165) is 0 Å². The van der Waals surface area contributed by atoms with E-state index in [0.29, 0.717) is 0 Å². The second-order valence-corrected chi connectivity index (χ2v) is 2.49. The van der Waals surface area contributed by atoms with Crippen molar-refractivity contribution in [2.24, 2.45) is 5.73 Å². The molecule has 4 N–H and O–H groups in total. The van der Waals surface area contributed by atoms with Crippen LogP contribution in [0.25, 0.3) is 0 Å². The summed E-state index contributed by atoms with van der Waals surface area (Å²) in [5.74, 6) is 0. The van der Waals surface area contributed by atoms with Gasteiger partial charge < -0.3 is 16.9 Å². The van der Waals surface area contributed by atoms with Gasteiger partial charge in [-0.2, -0.15) is 0 Å². The molecular weight excluding hydrogens is 172 g/mol. The fourth-order valence-electron chi connectivity index (χ4n) is 0.217. The molecule has 0 aliphatic heterocycles. The topological polar surface area (TPSA) is 92.8 Å². The monoisotopic (exact) mass is 181 g/mol. The molecule has 0 amide bonds. The second-order valence-electron chi connectivity index (χ2n) is 1.30. The van der Waals surface area contributed by atoms with Crippen LogP contribution in [-0.4, -0.2) is 16.0 Å². The Labute approximate surface area is 97.1 Å². The Kier molecular flexibility index (Phi) is 7.94. The fourth-order valence-corrected chi connectivity index (χ4v) is 0.650. The SMILES string of the molecule is CC(N)OP(=O)(O)O.[H-].[K+]. The van der Waals surface area contributed by atoms with Crippen LogP contribution in [0.3, 0.4) is 0 Å². The van der Waals surface area contributed by atoms with Crippen molar-refractivity contribution in [3.63, 3.8) is 0 Å². The first-order chi connectivity index (χ1) is 3.42. The van der Waals surface area contributed by atoms with E-state index in [1.807, 2.05) is 0 Å². The summed E-state index contributed by atoms with van der Waals surface area (Å²) in [6.45, 7) is 1.33. The van der Waals surface area contributed by atoms with Crippen molar-refractivity contribution in [2.45, 2.75) is 13.2 Å². The Bertz CT molecular complexity index is 116. The Morgan fingerprint density at radius 1 is 1.78 bits per heavy atom. The summed E-state index contributed by atoms with van der Waals surface area (Å²) in [5, 5.41) is 0. The van der Waals surface area contributed by atoms with Crippen molar-refractivity contribution >= 4 is 7.82 Å². The van der Waals surface area contributed by atoms with E-state index >= 15 is 0 Å². The van der Waals surface area contributed by atoms with Crippen molar-refractivity contribution < 1.29 is 71.7 Å². The van der Waals surface area contributed by atoms with Crippen molar-refractivity contribution in [1.82, 2.24) is 0 Å². The molecule has 0 aliphatic carbocycles. The molecule has 1 atom stereocenters. The first kappa shape index (κ1) is 13.3. The third kappa shape index (κ3) is 12.8. The van der Waals surface area contributed by atoms with Gasteiger partial charge in [-0.25, -0.2) is 4.57 Å². The standard InChI is InChI=1S/C2H8NO4P.K.H/c1-2(3)7-8(4,5)6;;/h2H,3H2,1H3,(H2,4,5,6);;/q;+1;-1. The molecule has 0 saturated heterocycles. The fraction of sp³-hybridized carbons (Fsp3) is 1.00. The summed E-state index contributed by atoms with van der Waals surface area (Å²) in [4.78, 5) is 16.0. The molecule has 0 saturated carbocycles. The molecule has 0 radical (unpaired) electrons. The summed E-state index contributed by atoms with van der Waals surface area (Å²) in [6, 6.07) is 0. The van der Waals surface area contributed by atoms with Gasteiger partial charge in [-0.15, -0.1) is 0 Å². The van der Waals surface area contributed by atoms with Crippen molar-refractivity contribution in [1.29, 1.82) is 0 Å². The molecule has 0 spiro atoms. The first-order valence-corrected chi connectivity index (χ1v) is 3.44. The third-order valence-electron chi connectivity index (χ3n) is 0.304. The Hall–Kier alpha value is 1.71. The van der Waals surface area contributed by atoms with Gasteiger partial charge in [0.25, 0.3) is 0 Å². The minimum Gasteiger partial charge on any atom is -1.00 e. The second kappa shape index (κ2) is 5.37. The van der Waals surface area contributed by atoms with E-state index < -0.39 is 14.1 Å². The number of hydrogen-bond acceptors (Lipinski definition) is 3. The normalized spacial score (nSPS) is 14.2. The molecule has 1 unspecified atom stereocenters. The van der Waals surface area contributed by atoms with Gasteiger partial charge in [-0.3, -0.25) is 4.52 Å². The zero-order valence-electron chi connectivity index (χ0n) is 6.31. The van der Waals surface area contributed by atoms with Gasteiger partial charge in [-0.1, -0.05) is 0 Å². The van der Waals surface area contributed by atoms with E-state index in [4.69, 9.17) is 15.5 Å². The molecule has 52 valence electrons. The maximum atomic E-state index is 9.83. The van der Waals surface area contributed by atoms with Crippen LogP contribution in [0.4, 0.5) is 0 Å². The molecule has 0 aromatic rings. The average Bonchev–Trinajstić information content (AvgIpc) is 1.21. The molecule has 5 nitrogen and oxygen atoms in total. The Morgan fingerprint density at radius 3 is 2.11 bits per heavy atom. The van der Waals surface area contributed by atoms with Gasteiger partial charge in [-0.05, 0) is 6.92 Å². The van der Waals surface area contributed by atoms with Crippen molar-refractivity contribution in [3.8, 4) is 0 Å². The first-order valence-electron chi connectivity index (χ1n) is 1.91. The summed E-state index contributed by atoms with van der Waals surface area (Å²) in [7, 11) is -4.35. The number of phosphoric acid groups is 1. The summed E-state index contributed by atoms with van der Waals surface area (Å²) in [5.41, 5.74) is 4.86. The van der Waals surface area contributed by atoms with E-state index in [9.17, 15) is 4.57 Å². The summed E-state index contributed by atoms with van der Waals surface area (Å²) < 4.78 is 13.7. The van der Waals surface area contributed by atoms with E-state index in [2.05, 4.69) is 4.52 Å². The van der Waals surface area contributed by atoms with Crippen LogP contribution in [0, 0.1) is 0 Å². The van der Waals surface area contributed by atoms with Crippen LogP contribution in [0.5, 0.6) is 0 Å².